The monoisotopic (exact) mass is 344 g/mol. The number of rotatable bonds is 3. The third-order valence-corrected chi connectivity index (χ3v) is 5.65. The van der Waals surface area contributed by atoms with Crippen LogP contribution in [0.1, 0.15) is 6.42 Å². The summed E-state index contributed by atoms with van der Waals surface area (Å²) in [6.07, 6.45) is 0.804. The van der Waals surface area contributed by atoms with E-state index in [9.17, 15) is 13.2 Å². The number of hydrogen-bond acceptors (Lipinski definition) is 5. The first-order chi connectivity index (χ1) is 10.0. The van der Waals surface area contributed by atoms with Gasteiger partial charge in [0.15, 0.2) is 0 Å². The van der Waals surface area contributed by atoms with Crippen molar-refractivity contribution in [2.24, 2.45) is 0 Å². The Hall–Kier alpha value is -1.41. The summed E-state index contributed by atoms with van der Waals surface area (Å²) in [5.74, 6) is 0. The summed E-state index contributed by atoms with van der Waals surface area (Å²) in [5, 5.41) is 3.69. The third-order valence-electron chi connectivity index (χ3n) is 3.79. The molecular formula is C14H17ClN2O4S. The van der Waals surface area contributed by atoms with Gasteiger partial charge in [-0.1, -0.05) is 0 Å². The molecule has 3 rings (SSSR count). The molecule has 0 radical (unpaired) electrons. The Morgan fingerprint density at radius 1 is 1.27 bits per heavy atom. The lowest BCUT2D eigenvalue weighted by molar-refractivity contribution is 0.464. The number of hydrogen-bond donors (Lipinski definition) is 1. The predicted octanol–water partition coefficient (Wildman–Crippen LogP) is 1.20. The number of benzene rings is 1. The molecule has 1 atom stereocenters. The van der Waals surface area contributed by atoms with E-state index >= 15 is 0 Å². The average Bonchev–Trinajstić information content (AvgIpc) is 2.96. The lowest BCUT2D eigenvalue weighted by atomic mass is 10.2. The first kappa shape index (κ1) is 17.0. The van der Waals surface area contributed by atoms with E-state index in [2.05, 4.69) is 5.32 Å². The molecule has 6 nitrogen and oxygen atoms in total. The first-order valence-electron chi connectivity index (χ1n) is 6.72. The minimum Gasteiger partial charge on any atom is -0.423 e. The van der Waals surface area contributed by atoms with E-state index in [4.69, 9.17) is 4.42 Å². The van der Waals surface area contributed by atoms with Gasteiger partial charge in [0, 0.05) is 30.6 Å². The van der Waals surface area contributed by atoms with Crippen LogP contribution in [0.15, 0.2) is 44.4 Å². The molecule has 1 unspecified atom stereocenters. The fourth-order valence-corrected chi connectivity index (χ4v) is 4.08. The van der Waals surface area contributed by atoms with Crippen molar-refractivity contribution in [3.8, 4) is 0 Å². The van der Waals surface area contributed by atoms with E-state index in [1.807, 2.05) is 7.05 Å². The maximum absolute atomic E-state index is 12.6. The topological polar surface area (TPSA) is 79.6 Å². The first-order valence-corrected chi connectivity index (χ1v) is 8.16. The Morgan fingerprint density at radius 3 is 2.73 bits per heavy atom. The lowest BCUT2D eigenvalue weighted by Gasteiger charge is -2.16. The van der Waals surface area contributed by atoms with Gasteiger partial charge in [0.05, 0.1) is 4.90 Å². The highest BCUT2D eigenvalue weighted by molar-refractivity contribution is 7.89. The summed E-state index contributed by atoms with van der Waals surface area (Å²) >= 11 is 0. The second-order valence-corrected chi connectivity index (χ2v) is 7.03. The zero-order valence-corrected chi connectivity index (χ0v) is 13.6. The SMILES string of the molecule is CNC1CCN(S(=O)(=O)c2ccc3oc(=O)ccc3c2)C1.Cl. The molecule has 120 valence electrons. The standard InChI is InChI=1S/C14H16N2O4S.ClH/c1-15-11-6-7-16(9-11)21(18,19)12-3-4-13-10(8-12)2-5-14(17)20-13;/h2-5,8,11,15H,6-7,9H2,1H3;1H. The highest BCUT2D eigenvalue weighted by Crippen LogP contribution is 2.24. The molecule has 0 aliphatic carbocycles. The summed E-state index contributed by atoms with van der Waals surface area (Å²) < 4.78 is 31.7. The van der Waals surface area contributed by atoms with Crippen molar-refractivity contribution in [1.82, 2.24) is 9.62 Å². The zero-order valence-electron chi connectivity index (χ0n) is 12.0. The molecule has 2 aromatic rings. The summed E-state index contributed by atoms with van der Waals surface area (Å²) in [5.41, 5.74) is -0.0644. The summed E-state index contributed by atoms with van der Waals surface area (Å²) in [7, 11) is -1.68. The van der Waals surface area contributed by atoms with E-state index in [1.165, 1.54) is 22.5 Å². The number of likely N-dealkylation sites (N-methyl/N-ethyl adjacent to an activating group) is 1. The van der Waals surface area contributed by atoms with E-state index < -0.39 is 15.6 Å². The number of sulfonamides is 1. The van der Waals surface area contributed by atoms with Crippen LogP contribution in [0.3, 0.4) is 0 Å². The Kier molecular flexibility index (Phi) is 4.91. The summed E-state index contributed by atoms with van der Waals surface area (Å²) in [6, 6.07) is 7.59. The molecule has 22 heavy (non-hydrogen) atoms. The van der Waals surface area contributed by atoms with Crippen LogP contribution in [-0.4, -0.2) is 38.9 Å². The zero-order chi connectivity index (χ0) is 15.0. The van der Waals surface area contributed by atoms with Gasteiger partial charge in [-0.15, -0.1) is 12.4 Å². The number of nitrogens with one attached hydrogen (secondary N) is 1. The molecule has 0 spiro atoms. The van der Waals surface area contributed by atoms with Gasteiger partial charge in [0.2, 0.25) is 10.0 Å². The van der Waals surface area contributed by atoms with Crippen LogP contribution >= 0.6 is 12.4 Å². The van der Waals surface area contributed by atoms with Crippen molar-refractivity contribution in [2.75, 3.05) is 20.1 Å². The van der Waals surface area contributed by atoms with Crippen LogP contribution in [0.5, 0.6) is 0 Å². The van der Waals surface area contributed by atoms with Crippen molar-refractivity contribution in [3.05, 3.63) is 40.8 Å². The minimum atomic E-state index is -3.51. The molecule has 1 N–H and O–H groups in total. The molecule has 1 aliphatic rings. The maximum atomic E-state index is 12.6. The Labute approximate surface area is 134 Å². The Morgan fingerprint density at radius 2 is 2.05 bits per heavy atom. The van der Waals surface area contributed by atoms with E-state index in [0.29, 0.717) is 24.1 Å². The largest absolute Gasteiger partial charge is 0.423 e. The predicted molar refractivity (Wildman–Crippen MR) is 86.0 cm³/mol. The second kappa shape index (κ2) is 6.37. The lowest BCUT2D eigenvalue weighted by Crippen LogP contribution is -2.33. The third kappa shape index (κ3) is 3.03. The van der Waals surface area contributed by atoms with Gasteiger partial charge in [0.25, 0.3) is 0 Å². The quantitative estimate of drug-likeness (QED) is 0.846. The molecule has 8 heteroatoms. The van der Waals surface area contributed by atoms with E-state index in [0.717, 1.165) is 6.42 Å². The average molecular weight is 345 g/mol. The molecule has 1 aromatic heterocycles. The van der Waals surface area contributed by atoms with Gasteiger partial charge in [0.1, 0.15) is 5.58 Å². The van der Waals surface area contributed by atoms with E-state index in [-0.39, 0.29) is 23.3 Å². The van der Waals surface area contributed by atoms with Crippen LogP contribution in [0.4, 0.5) is 0 Å². The highest BCUT2D eigenvalue weighted by atomic mass is 35.5. The maximum Gasteiger partial charge on any atom is 0.336 e. The van der Waals surface area contributed by atoms with Crippen molar-refractivity contribution >= 4 is 33.4 Å². The number of fused-ring (bicyclic) bond motifs is 1. The van der Waals surface area contributed by atoms with Crippen LogP contribution in [-0.2, 0) is 10.0 Å². The molecule has 0 saturated carbocycles. The Balaban J connectivity index is 0.00000176. The number of nitrogens with zero attached hydrogens (tertiary/aromatic N) is 1. The summed E-state index contributed by atoms with van der Waals surface area (Å²) in [6.45, 7) is 0.983. The van der Waals surface area contributed by atoms with Crippen molar-refractivity contribution < 1.29 is 12.8 Å². The highest BCUT2D eigenvalue weighted by Gasteiger charge is 2.31. The van der Waals surface area contributed by atoms with Gasteiger partial charge in [-0.25, -0.2) is 13.2 Å². The van der Waals surface area contributed by atoms with Gasteiger partial charge in [-0.2, -0.15) is 4.31 Å². The van der Waals surface area contributed by atoms with Crippen LogP contribution in [0.25, 0.3) is 11.0 Å². The van der Waals surface area contributed by atoms with Gasteiger partial charge in [-0.3, -0.25) is 0 Å². The van der Waals surface area contributed by atoms with E-state index in [1.54, 1.807) is 12.1 Å². The fraction of sp³-hybridized carbons (Fsp3) is 0.357. The van der Waals surface area contributed by atoms with Crippen LogP contribution in [0.2, 0.25) is 0 Å². The molecule has 1 aromatic carbocycles. The second-order valence-electron chi connectivity index (χ2n) is 5.09. The van der Waals surface area contributed by atoms with Crippen LogP contribution < -0.4 is 10.9 Å². The summed E-state index contributed by atoms with van der Waals surface area (Å²) in [4.78, 5) is 11.4. The van der Waals surface area contributed by atoms with Crippen molar-refractivity contribution in [3.63, 3.8) is 0 Å². The fourth-order valence-electron chi connectivity index (χ4n) is 2.54. The Bertz CT molecular complexity index is 834. The molecular weight excluding hydrogens is 328 g/mol. The van der Waals surface area contributed by atoms with Crippen molar-refractivity contribution in [2.45, 2.75) is 17.4 Å². The molecule has 1 aliphatic heterocycles. The molecule has 0 amide bonds. The van der Waals surface area contributed by atoms with Gasteiger partial charge >= 0.3 is 5.63 Å². The van der Waals surface area contributed by atoms with Gasteiger partial charge in [-0.05, 0) is 37.7 Å². The normalized spacial score (nSPS) is 19.2. The molecule has 1 fully saturated rings. The molecule has 0 bridgehead atoms. The smallest absolute Gasteiger partial charge is 0.336 e. The van der Waals surface area contributed by atoms with Crippen LogP contribution in [0, 0.1) is 0 Å². The number of halogens is 1. The van der Waals surface area contributed by atoms with Crippen molar-refractivity contribution in [1.29, 1.82) is 0 Å². The minimum absolute atomic E-state index is 0. The van der Waals surface area contributed by atoms with Gasteiger partial charge < -0.3 is 9.73 Å². The molecule has 2 heterocycles. The molecule has 1 saturated heterocycles.